The van der Waals surface area contributed by atoms with Gasteiger partial charge in [-0.3, -0.25) is 4.57 Å². The van der Waals surface area contributed by atoms with Gasteiger partial charge in [0.05, 0.1) is 33.3 Å². The van der Waals surface area contributed by atoms with Gasteiger partial charge in [-0.25, -0.2) is 9.97 Å². The van der Waals surface area contributed by atoms with E-state index >= 15 is 0 Å². The number of rotatable bonds is 5. The first kappa shape index (κ1) is 32.4. The van der Waals surface area contributed by atoms with E-state index in [1.54, 1.807) is 0 Å². The van der Waals surface area contributed by atoms with E-state index in [-0.39, 0.29) is 0 Å². The van der Waals surface area contributed by atoms with E-state index in [9.17, 15) is 0 Å². The Hall–Kier alpha value is -7.82. The van der Waals surface area contributed by atoms with E-state index in [0.29, 0.717) is 5.95 Å². The van der Waals surface area contributed by atoms with Crippen LogP contribution in [0.4, 0.5) is 0 Å². The van der Waals surface area contributed by atoms with Crippen LogP contribution in [0.3, 0.4) is 0 Å². The van der Waals surface area contributed by atoms with Crippen LogP contribution in [0.5, 0.6) is 0 Å². The lowest BCUT2D eigenvalue weighted by molar-refractivity contribution is 1.01. The van der Waals surface area contributed by atoms with Crippen molar-refractivity contribution in [2.75, 3.05) is 0 Å². The zero-order valence-electron chi connectivity index (χ0n) is 31.4. The third-order valence-corrected chi connectivity index (χ3v) is 11.7. The monoisotopic (exact) mass is 738 g/mol. The molecule has 12 aromatic rings. The van der Waals surface area contributed by atoms with Crippen molar-refractivity contribution in [1.29, 1.82) is 0 Å². The molecule has 12 rings (SSSR count). The van der Waals surface area contributed by atoms with E-state index < -0.39 is 0 Å². The second kappa shape index (κ2) is 12.9. The van der Waals surface area contributed by atoms with Crippen LogP contribution in [0, 0.1) is 0 Å². The second-order valence-electron chi connectivity index (χ2n) is 15.0. The van der Waals surface area contributed by atoms with Crippen molar-refractivity contribution < 1.29 is 0 Å². The Kier molecular flexibility index (Phi) is 7.20. The Morgan fingerprint density at radius 1 is 0.293 bits per heavy atom. The van der Waals surface area contributed by atoms with Gasteiger partial charge in [0.15, 0.2) is 0 Å². The highest BCUT2D eigenvalue weighted by Gasteiger charge is 2.19. The number of nitrogens with zero attached hydrogens (tertiary/aromatic N) is 4. The highest BCUT2D eigenvalue weighted by Crippen LogP contribution is 2.39. The minimum Gasteiger partial charge on any atom is -0.309 e. The molecule has 0 aliphatic rings. The maximum absolute atomic E-state index is 5.39. The van der Waals surface area contributed by atoms with Crippen LogP contribution in [-0.2, 0) is 0 Å². The van der Waals surface area contributed by atoms with Gasteiger partial charge >= 0.3 is 0 Å². The third-order valence-electron chi connectivity index (χ3n) is 11.7. The van der Waals surface area contributed by atoms with Crippen molar-refractivity contribution in [3.05, 3.63) is 206 Å². The van der Waals surface area contributed by atoms with Crippen LogP contribution in [0.25, 0.3) is 110 Å². The lowest BCUT2D eigenvalue weighted by Crippen LogP contribution is -2.03. The molecule has 0 saturated heterocycles. The summed E-state index contributed by atoms with van der Waals surface area (Å²) >= 11 is 0. The summed E-state index contributed by atoms with van der Waals surface area (Å²) in [4.78, 5) is 10.6. The van der Waals surface area contributed by atoms with E-state index in [4.69, 9.17) is 9.97 Å². The van der Waals surface area contributed by atoms with Crippen LogP contribution in [0.1, 0.15) is 0 Å². The first-order valence-corrected chi connectivity index (χ1v) is 19.7. The fourth-order valence-corrected chi connectivity index (χ4v) is 8.98. The van der Waals surface area contributed by atoms with E-state index in [1.807, 2.05) is 0 Å². The average Bonchev–Trinajstić information content (AvgIpc) is 3.81. The normalized spacial score (nSPS) is 11.8. The predicted molar refractivity (Wildman–Crippen MR) is 242 cm³/mol. The molecule has 0 spiro atoms. The summed E-state index contributed by atoms with van der Waals surface area (Å²) in [7, 11) is 0. The third kappa shape index (κ3) is 5.09. The summed E-state index contributed by atoms with van der Waals surface area (Å²) in [5.74, 6) is 0.653. The molecular weight excluding hydrogens is 705 g/mol. The van der Waals surface area contributed by atoms with Gasteiger partial charge in [-0.05, 0) is 93.7 Å². The van der Waals surface area contributed by atoms with Crippen LogP contribution in [0.2, 0.25) is 0 Å². The van der Waals surface area contributed by atoms with Gasteiger partial charge in [0.2, 0.25) is 5.95 Å². The summed E-state index contributed by atoms with van der Waals surface area (Å²) < 4.78 is 4.62. The second-order valence-corrected chi connectivity index (χ2v) is 15.0. The molecule has 9 aromatic carbocycles. The van der Waals surface area contributed by atoms with Gasteiger partial charge < -0.3 is 4.57 Å². The van der Waals surface area contributed by atoms with Gasteiger partial charge in [0.1, 0.15) is 0 Å². The maximum Gasteiger partial charge on any atom is 0.235 e. The van der Waals surface area contributed by atoms with Crippen LogP contribution >= 0.6 is 0 Å². The molecule has 0 atom stereocenters. The molecule has 58 heavy (non-hydrogen) atoms. The van der Waals surface area contributed by atoms with Gasteiger partial charge in [0, 0.05) is 38.2 Å². The predicted octanol–water partition coefficient (Wildman–Crippen LogP) is 14.0. The maximum atomic E-state index is 5.39. The molecule has 0 amide bonds. The summed E-state index contributed by atoms with van der Waals surface area (Å²) in [6, 6.07) is 73.9. The van der Waals surface area contributed by atoms with Gasteiger partial charge in [-0.2, -0.15) is 0 Å². The first-order valence-electron chi connectivity index (χ1n) is 19.7. The molecule has 0 unspecified atom stereocenters. The standard InChI is InChI=1S/C54H34N4/c1-2-13-35(14-3-1)37-17-12-18-41(31-37)53-45-21-6-9-22-48(45)55-54(56-53)58-50-24-11-8-20-44(50)47-34-40(27-30-52(47)58)39-26-29-51-46(33-39)43-19-7-10-23-49(43)57(51)42-28-25-36-15-4-5-16-38(36)32-42/h1-34H. The Labute approximate surface area is 334 Å². The molecule has 3 aromatic heterocycles. The SMILES string of the molecule is c1ccc(-c2cccc(-c3nc(-n4c5ccccc5c5cc(-c6ccc7c(c6)c6ccccc6n7-c6ccc7ccccc7c6)ccc54)nc4ccccc34)c2)cc1. The number of benzene rings is 9. The Bertz CT molecular complexity index is 3570. The Morgan fingerprint density at radius 3 is 1.60 bits per heavy atom. The van der Waals surface area contributed by atoms with Crippen LogP contribution < -0.4 is 0 Å². The van der Waals surface area contributed by atoms with Crippen LogP contribution in [0.15, 0.2) is 206 Å². The fraction of sp³-hybridized carbons (Fsp3) is 0. The quantitative estimate of drug-likeness (QED) is 0.176. The van der Waals surface area contributed by atoms with Crippen molar-refractivity contribution in [3.63, 3.8) is 0 Å². The first-order chi connectivity index (χ1) is 28.7. The number of aromatic nitrogens is 4. The molecule has 0 N–H and O–H groups in total. The van der Waals surface area contributed by atoms with E-state index in [0.717, 1.165) is 60.8 Å². The average molecular weight is 739 g/mol. The smallest absolute Gasteiger partial charge is 0.235 e. The van der Waals surface area contributed by atoms with Crippen molar-refractivity contribution in [2.45, 2.75) is 0 Å². The fourth-order valence-electron chi connectivity index (χ4n) is 8.98. The summed E-state index contributed by atoms with van der Waals surface area (Å²) in [6.07, 6.45) is 0. The molecular formula is C54H34N4. The topological polar surface area (TPSA) is 35.6 Å². The molecule has 0 aliphatic heterocycles. The summed E-state index contributed by atoms with van der Waals surface area (Å²) in [5, 5.41) is 8.30. The number of fused-ring (bicyclic) bond motifs is 8. The molecule has 4 heteroatoms. The van der Waals surface area contributed by atoms with Gasteiger partial charge in [-0.15, -0.1) is 0 Å². The molecule has 0 fully saturated rings. The molecule has 3 heterocycles. The molecule has 0 aliphatic carbocycles. The molecule has 0 radical (unpaired) electrons. The molecule has 4 nitrogen and oxygen atoms in total. The zero-order valence-corrected chi connectivity index (χ0v) is 31.4. The largest absolute Gasteiger partial charge is 0.309 e. The lowest BCUT2D eigenvalue weighted by atomic mass is 10.00. The van der Waals surface area contributed by atoms with Crippen molar-refractivity contribution >= 4 is 65.3 Å². The minimum absolute atomic E-state index is 0.653. The Balaban J connectivity index is 1.02. The lowest BCUT2D eigenvalue weighted by Gasteiger charge is -2.13. The zero-order chi connectivity index (χ0) is 38.2. The summed E-state index contributed by atoms with van der Waals surface area (Å²) in [6.45, 7) is 0. The molecule has 0 bridgehead atoms. The number of para-hydroxylation sites is 3. The number of hydrogen-bond donors (Lipinski definition) is 0. The summed E-state index contributed by atoms with van der Waals surface area (Å²) in [5.41, 5.74) is 13.2. The highest BCUT2D eigenvalue weighted by molar-refractivity contribution is 6.13. The number of hydrogen-bond acceptors (Lipinski definition) is 2. The Morgan fingerprint density at radius 2 is 0.845 bits per heavy atom. The molecule has 270 valence electrons. The van der Waals surface area contributed by atoms with Crippen LogP contribution in [-0.4, -0.2) is 19.1 Å². The van der Waals surface area contributed by atoms with Gasteiger partial charge in [0.25, 0.3) is 0 Å². The van der Waals surface area contributed by atoms with E-state index in [2.05, 4.69) is 215 Å². The van der Waals surface area contributed by atoms with Crippen molar-refractivity contribution in [1.82, 2.24) is 19.1 Å². The van der Waals surface area contributed by atoms with E-state index in [1.165, 1.54) is 43.7 Å². The minimum atomic E-state index is 0.653. The van der Waals surface area contributed by atoms with Crippen molar-refractivity contribution in [2.24, 2.45) is 0 Å². The van der Waals surface area contributed by atoms with Gasteiger partial charge in [-0.1, -0.05) is 146 Å². The highest BCUT2D eigenvalue weighted by atomic mass is 15.2. The molecule has 0 saturated carbocycles. The van der Waals surface area contributed by atoms with Crippen molar-refractivity contribution in [3.8, 4) is 45.1 Å².